The molecular weight excluding hydrogens is 292 g/mol. The number of carbonyl (C=O) groups excluding carboxylic acids is 1. The van der Waals surface area contributed by atoms with Crippen LogP contribution in [-0.4, -0.2) is 20.8 Å². The van der Waals surface area contributed by atoms with E-state index in [2.05, 4.69) is 15.3 Å². The summed E-state index contributed by atoms with van der Waals surface area (Å²) in [6, 6.07) is 9.39. The van der Waals surface area contributed by atoms with Crippen LogP contribution in [-0.2, 0) is 0 Å². The van der Waals surface area contributed by atoms with Crippen LogP contribution in [0.3, 0.4) is 0 Å². The summed E-state index contributed by atoms with van der Waals surface area (Å²) in [7, 11) is 0. The maximum Gasteiger partial charge on any atom is 0.276 e. The number of carbonyl (C=O) groups is 1. The van der Waals surface area contributed by atoms with Crippen molar-refractivity contribution in [2.24, 2.45) is 0 Å². The molecule has 0 aliphatic rings. The molecule has 3 rings (SSSR count). The monoisotopic (exact) mass is 300 g/mol. The molecule has 0 aliphatic heterocycles. The molecule has 0 spiro atoms. The summed E-state index contributed by atoms with van der Waals surface area (Å²) in [4.78, 5) is 30.4. The Bertz CT molecular complexity index is 832. The van der Waals surface area contributed by atoms with E-state index in [0.717, 1.165) is 0 Å². The number of nitrogens with zero attached hydrogens (tertiary/aromatic N) is 3. The average molecular weight is 300 g/mol. The van der Waals surface area contributed by atoms with Gasteiger partial charge in [-0.1, -0.05) is 17.4 Å². The Kier molecular flexibility index (Phi) is 3.28. The van der Waals surface area contributed by atoms with Crippen LogP contribution in [0, 0.1) is 10.1 Å². The van der Waals surface area contributed by atoms with E-state index in [9.17, 15) is 14.9 Å². The molecule has 1 aromatic carbocycles. The Hall–Kier alpha value is -2.87. The third-order valence-corrected chi connectivity index (χ3v) is 3.63. The number of fused-ring (bicyclic) bond motifs is 1. The fourth-order valence-electron chi connectivity index (χ4n) is 1.74. The maximum absolute atomic E-state index is 12.0. The lowest BCUT2D eigenvalue weighted by Crippen LogP contribution is -2.12. The molecule has 0 radical (unpaired) electrons. The van der Waals surface area contributed by atoms with Gasteiger partial charge in [0.1, 0.15) is 5.69 Å². The van der Waals surface area contributed by atoms with Crippen LogP contribution in [0.4, 0.5) is 10.8 Å². The second-order valence-electron chi connectivity index (χ2n) is 4.10. The molecule has 1 amide bonds. The predicted octanol–water partition coefficient (Wildman–Crippen LogP) is 2.85. The number of anilines is 1. The lowest BCUT2D eigenvalue weighted by Gasteiger charge is -1.99. The van der Waals surface area contributed by atoms with E-state index in [1.54, 1.807) is 24.3 Å². The van der Waals surface area contributed by atoms with Crippen LogP contribution in [0.1, 0.15) is 10.5 Å². The van der Waals surface area contributed by atoms with E-state index in [1.165, 1.54) is 29.7 Å². The van der Waals surface area contributed by atoms with Crippen molar-refractivity contribution in [3.63, 3.8) is 0 Å². The summed E-state index contributed by atoms with van der Waals surface area (Å²) < 4.78 is 0.639. The second-order valence-corrected chi connectivity index (χ2v) is 5.13. The first kappa shape index (κ1) is 13.1. The van der Waals surface area contributed by atoms with E-state index in [0.29, 0.717) is 15.3 Å². The number of benzene rings is 1. The van der Waals surface area contributed by atoms with E-state index in [-0.39, 0.29) is 17.3 Å². The average Bonchev–Trinajstić information content (AvgIpc) is 2.89. The van der Waals surface area contributed by atoms with E-state index < -0.39 is 4.92 Å². The van der Waals surface area contributed by atoms with Crippen molar-refractivity contribution in [2.75, 3.05) is 5.32 Å². The van der Waals surface area contributed by atoms with Gasteiger partial charge in [0.05, 0.1) is 15.1 Å². The van der Waals surface area contributed by atoms with Gasteiger partial charge in [-0.15, -0.1) is 0 Å². The van der Waals surface area contributed by atoms with Crippen LogP contribution < -0.4 is 5.32 Å². The quantitative estimate of drug-likeness (QED) is 0.592. The zero-order chi connectivity index (χ0) is 14.8. The zero-order valence-electron chi connectivity index (χ0n) is 10.5. The van der Waals surface area contributed by atoms with E-state index in [1.807, 2.05) is 0 Å². The molecule has 7 nitrogen and oxygen atoms in total. The fourth-order valence-corrected chi connectivity index (χ4v) is 2.63. The summed E-state index contributed by atoms with van der Waals surface area (Å²) >= 11 is 1.18. The number of nitro benzene ring substituents is 1. The number of nitro groups is 1. The lowest BCUT2D eigenvalue weighted by atomic mass is 10.3. The van der Waals surface area contributed by atoms with Crippen LogP contribution >= 0.6 is 11.3 Å². The smallest absolute Gasteiger partial charge is 0.276 e. The molecule has 0 saturated carbocycles. The Morgan fingerprint density at radius 2 is 2.14 bits per heavy atom. The summed E-state index contributed by atoms with van der Waals surface area (Å²) in [5, 5.41) is 13.7. The van der Waals surface area contributed by atoms with Gasteiger partial charge in [0, 0.05) is 18.3 Å². The van der Waals surface area contributed by atoms with Crippen molar-refractivity contribution in [1.29, 1.82) is 0 Å². The number of hydrogen-bond donors (Lipinski definition) is 1. The predicted molar refractivity (Wildman–Crippen MR) is 78.5 cm³/mol. The number of rotatable bonds is 3. The molecule has 1 N–H and O–H groups in total. The Labute approximate surface area is 122 Å². The third-order valence-electron chi connectivity index (χ3n) is 2.70. The number of nitrogens with one attached hydrogen (secondary N) is 1. The molecular formula is C13H8N4O3S. The van der Waals surface area contributed by atoms with Crippen molar-refractivity contribution in [3.05, 3.63) is 58.4 Å². The van der Waals surface area contributed by atoms with Gasteiger partial charge in [0.25, 0.3) is 11.6 Å². The van der Waals surface area contributed by atoms with Gasteiger partial charge < -0.3 is 0 Å². The van der Waals surface area contributed by atoms with Gasteiger partial charge in [-0.05, 0) is 18.2 Å². The van der Waals surface area contributed by atoms with Gasteiger partial charge in [-0.3, -0.25) is 25.2 Å². The second kappa shape index (κ2) is 5.25. The van der Waals surface area contributed by atoms with E-state index >= 15 is 0 Å². The highest BCUT2D eigenvalue weighted by atomic mass is 32.1. The molecule has 0 saturated heterocycles. The van der Waals surface area contributed by atoms with Crippen LogP contribution in [0.25, 0.3) is 10.2 Å². The third kappa shape index (κ3) is 2.70. The van der Waals surface area contributed by atoms with Crippen LogP contribution in [0.2, 0.25) is 0 Å². The van der Waals surface area contributed by atoms with Crippen molar-refractivity contribution in [1.82, 2.24) is 9.97 Å². The molecule has 104 valence electrons. The van der Waals surface area contributed by atoms with Gasteiger partial charge in [0.2, 0.25) is 0 Å². The number of pyridine rings is 1. The largest absolute Gasteiger partial charge is 0.296 e. The Balaban J connectivity index is 1.88. The Morgan fingerprint density at radius 3 is 2.86 bits per heavy atom. The lowest BCUT2D eigenvalue weighted by molar-refractivity contribution is -0.384. The van der Waals surface area contributed by atoms with Crippen molar-refractivity contribution in [2.45, 2.75) is 0 Å². The van der Waals surface area contributed by atoms with Gasteiger partial charge in [-0.2, -0.15) is 0 Å². The molecule has 21 heavy (non-hydrogen) atoms. The molecule has 8 heteroatoms. The highest BCUT2D eigenvalue weighted by Crippen LogP contribution is 2.29. The van der Waals surface area contributed by atoms with Gasteiger partial charge in [0.15, 0.2) is 5.13 Å². The SMILES string of the molecule is O=C(Nc1nc2ccc([N+](=O)[O-])cc2s1)c1ccccn1. The van der Waals surface area contributed by atoms with Gasteiger partial charge >= 0.3 is 0 Å². The van der Waals surface area contributed by atoms with Crippen molar-refractivity contribution >= 4 is 38.3 Å². The first-order valence-corrected chi connectivity index (χ1v) is 6.72. The summed E-state index contributed by atoms with van der Waals surface area (Å²) in [6.45, 7) is 0. The number of thiazole rings is 1. The van der Waals surface area contributed by atoms with Crippen LogP contribution in [0.15, 0.2) is 42.6 Å². The number of non-ortho nitro benzene ring substituents is 1. The molecule has 2 heterocycles. The molecule has 0 unspecified atom stereocenters. The fraction of sp³-hybridized carbons (Fsp3) is 0. The highest BCUT2D eigenvalue weighted by Gasteiger charge is 2.13. The standard InChI is InChI=1S/C13H8N4O3S/c18-12(10-3-1-2-6-14-10)16-13-15-9-5-4-8(17(19)20)7-11(9)21-13/h1-7H,(H,15,16,18). The number of amides is 1. The Morgan fingerprint density at radius 1 is 1.29 bits per heavy atom. The maximum atomic E-state index is 12.0. The molecule has 0 aliphatic carbocycles. The highest BCUT2D eigenvalue weighted by molar-refractivity contribution is 7.22. The first-order valence-electron chi connectivity index (χ1n) is 5.91. The minimum atomic E-state index is -0.467. The summed E-state index contributed by atoms with van der Waals surface area (Å²) in [5.74, 6) is -0.371. The summed E-state index contributed by atoms with van der Waals surface area (Å²) in [6.07, 6.45) is 1.52. The minimum absolute atomic E-state index is 0.00578. The zero-order valence-corrected chi connectivity index (χ0v) is 11.3. The van der Waals surface area contributed by atoms with Crippen LogP contribution in [0.5, 0.6) is 0 Å². The normalized spacial score (nSPS) is 10.5. The molecule has 3 aromatic rings. The molecule has 0 fully saturated rings. The van der Waals surface area contributed by atoms with Gasteiger partial charge in [-0.25, -0.2) is 4.98 Å². The molecule has 0 atom stereocenters. The number of hydrogen-bond acceptors (Lipinski definition) is 6. The topological polar surface area (TPSA) is 98.0 Å². The summed E-state index contributed by atoms with van der Waals surface area (Å²) in [5.41, 5.74) is 0.874. The number of aromatic nitrogens is 2. The van der Waals surface area contributed by atoms with Crippen molar-refractivity contribution in [3.8, 4) is 0 Å². The minimum Gasteiger partial charge on any atom is -0.296 e. The van der Waals surface area contributed by atoms with Crippen molar-refractivity contribution < 1.29 is 9.72 Å². The first-order chi connectivity index (χ1) is 10.1. The molecule has 2 aromatic heterocycles. The van der Waals surface area contributed by atoms with E-state index in [4.69, 9.17) is 0 Å². The molecule has 0 bridgehead atoms.